The first-order valence-electron chi connectivity index (χ1n) is 4.58. The van der Waals surface area contributed by atoms with Gasteiger partial charge in [0.25, 0.3) is 0 Å². The van der Waals surface area contributed by atoms with E-state index in [9.17, 15) is 0 Å². The van der Waals surface area contributed by atoms with Crippen LogP contribution in [0.5, 0.6) is 0 Å². The summed E-state index contributed by atoms with van der Waals surface area (Å²) in [7, 11) is 0. The van der Waals surface area contributed by atoms with Crippen LogP contribution in [0.1, 0.15) is 6.92 Å². The first-order valence-corrected chi connectivity index (χ1v) is 5.78. The molecule has 2 nitrogen and oxygen atoms in total. The van der Waals surface area contributed by atoms with E-state index >= 15 is 0 Å². The Balaban J connectivity index is 2.59. The average Bonchev–Trinajstić information content (AvgIpc) is 2.21. The second-order valence-electron chi connectivity index (χ2n) is 3.10. The summed E-state index contributed by atoms with van der Waals surface area (Å²) < 4.78 is 0.986. The molecule has 0 saturated carbocycles. The van der Waals surface area contributed by atoms with E-state index in [2.05, 4.69) is 33.1 Å². The van der Waals surface area contributed by atoms with E-state index in [0.29, 0.717) is 5.11 Å². The monoisotopic (exact) mass is 284 g/mol. The molecule has 2 N–H and O–H groups in total. The largest absolute Gasteiger partial charge is 0.357 e. The molecule has 0 heterocycles. The van der Waals surface area contributed by atoms with E-state index in [1.165, 1.54) is 0 Å². The maximum atomic E-state index is 5.15. The van der Waals surface area contributed by atoms with Crippen LogP contribution in [0.4, 0.5) is 5.69 Å². The summed E-state index contributed by atoms with van der Waals surface area (Å²) in [5, 5.41) is 6.78. The van der Waals surface area contributed by atoms with Crippen LogP contribution in [0.3, 0.4) is 0 Å². The molecule has 1 aromatic carbocycles. The third-order valence-electron chi connectivity index (χ3n) is 1.83. The summed E-state index contributed by atoms with van der Waals surface area (Å²) in [6.07, 6.45) is 1.80. The van der Waals surface area contributed by atoms with E-state index in [0.717, 1.165) is 10.2 Å². The summed E-state index contributed by atoms with van der Waals surface area (Å²) in [6.45, 7) is 5.67. The van der Waals surface area contributed by atoms with Crippen LogP contribution in [0.2, 0.25) is 0 Å². The fourth-order valence-electron chi connectivity index (χ4n) is 0.987. The molecular formula is C11H13BrN2S. The van der Waals surface area contributed by atoms with Crippen molar-refractivity contribution in [3.63, 3.8) is 0 Å². The van der Waals surface area contributed by atoms with Gasteiger partial charge in [-0.1, -0.05) is 18.2 Å². The van der Waals surface area contributed by atoms with Gasteiger partial charge in [-0.05, 0) is 47.2 Å². The number of benzene rings is 1. The topological polar surface area (TPSA) is 24.1 Å². The van der Waals surface area contributed by atoms with Crippen LogP contribution in [0.15, 0.2) is 41.4 Å². The van der Waals surface area contributed by atoms with E-state index in [-0.39, 0.29) is 6.04 Å². The van der Waals surface area contributed by atoms with E-state index in [4.69, 9.17) is 12.2 Å². The van der Waals surface area contributed by atoms with Gasteiger partial charge in [0, 0.05) is 10.5 Å². The summed E-state index contributed by atoms with van der Waals surface area (Å²) in [4.78, 5) is 0. The number of hydrogen-bond donors (Lipinski definition) is 2. The highest BCUT2D eigenvalue weighted by molar-refractivity contribution is 9.10. The molecule has 0 spiro atoms. The van der Waals surface area contributed by atoms with Crippen LogP contribution in [-0.4, -0.2) is 11.2 Å². The number of hydrogen-bond acceptors (Lipinski definition) is 1. The van der Waals surface area contributed by atoms with Gasteiger partial charge in [0.05, 0.1) is 5.69 Å². The standard InChI is InChI=1S/C11H13BrN2S/c1-3-8(2)13-11(15)14-10-7-5-4-6-9(10)12/h3-8H,1H2,2H3,(H2,13,14,15). The second-order valence-corrected chi connectivity index (χ2v) is 4.37. The minimum absolute atomic E-state index is 0.160. The molecule has 15 heavy (non-hydrogen) atoms. The van der Waals surface area contributed by atoms with Crippen molar-refractivity contribution in [1.82, 2.24) is 5.32 Å². The number of halogens is 1. The molecule has 1 rings (SSSR count). The molecule has 80 valence electrons. The molecule has 1 aromatic rings. The highest BCUT2D eigenvalue weighted by Crippen LogP contribution is 2.20. The third kappa shape index (κ3) is 4.01. The van der Waals surface area contributed by atoms with E-state index in [1.807, 2.05) is 31.2 Å². The number of anilines is 1. The summed E-state index contributed by atoms with van der Waals surface area (Å²) in [5.41, 5.74) is 0.950. The molecule has 0 aromatic heterocycles. The first-order chi connectivity index (χ1) is 7.13. The lowest BCUT2D eigenvalue weighted by molar-refractivity contribution is 0.815. The predicted molar refractivity (Wildman–Crippen MR) is 73.2 cm³/mol. The molecule has 0 fully saturated rings. The minimum atomic E-state index is 0.160. The van der Waals surface area contributed by atoms with Crippen molar-refractivity contribution in [3.8, 4) is 0 Å². The van der Waals surface area contributed by atoms with Gasteiger partial charge in [-0.15, -0.1) is 6.58 Å². The second kappa shape index (κ2) is 5.88. The number of rotatable bonds is 3. The molecule has 0 radical (unpaired) electrons. The Kier molecular flexibility index (Phi) is 4.78. The fourth-order valence-corrected chi connectivity index (χ4v) is 1.67. The highest BCUT2D eigenvalue weighted by atomic mass is 79.9. The zero-order valence-corrected chi connectivity index (χ0v) is 10.9. The van der Waals surface area contributed by atoms with Gasteiger partial charge in [-0.25, -0.2) is 0 Å². The Labute approximate surface area is 104 Å². The lowest BCUT2D eigenvalue weighted by Crippen LogP contribution is -2.34. The van der Waals surface area contributed by atoms with Crippen LogP contribution in [-0.2, 0) is 0 Å². The zero-order chi connectivity index (χ0) is 11.3. The molecule has 0 saturated heterocycles. The summed E-state index contributed by atoms with van der Waals surface area (Å²) in [5.74, 6) is 0. The molecule has 0 bridgehead atoms. The van der Waals surface area contributed by atoms with Crippen molar-refractivity contribution in [3.05, 3.63) is 41.4 Å². The molecule has 0 aliphatic heterocycles. The van der Waals surface area contributed by atoms with Gasteiger partial charge < -0.3 is 10.6 Å². The van der Waals surface area contributed by atoms with Gasteiger partial charge in [0.2, 0.25) is 0 Å². The Morgan fingerprint density at radius 3 is 2.80 bits per heavy atom. The van der Waals surface area contributed by atoms with Crippen molar-refractivity contribution in [1.29, 1.82) is 0 Å². The van der Waals surface area contributed by atoms with Gasteiger partial charge in [0.1, 0.15) is 0 Å². The molecule has 0 aliphatic carbocycles. The first kappa shape index (κ1) is 12.2. The minimum Gasteiger partial charge on any atom is -0.357 e. The fraction of sp³-hybridized carbons (Fsp3) is 0.182. The molecule has 1 unspecified atom stereocenters. The highest BCUT2D eigenvalue weighted by Gasteiger charge is 2.02. The van der Waals surface area contributed by atoms with E-state index < -0.39 is 0 Å². The zero-order valence-electron chi connectivity index (χ0n) is 8.46. The molecular weight excluding hydrogens is 272 g/mol. The maximum Gasteiger partial charge on any atom is 0.171 e. The number of para-hydroxylation sites is 1. The number of nitrogens with one attached hydrogen (secondary N) is 2. The van der Waals surface area contributed by atoms with Crippen molar-refractivity contribution in [2.75, 3.05) is 5.32 Å². The van der Waals surface area contributed by atoms with Gasteiger partial charge in [-0.3, -0.25) is 0 Å². The van der Waals surface area contributed by atoms with Crippen LogP contribution in [0.25, 0.3) is 0 Å². The number of thiocarbonyl (C=S) groups is 1. The Morgan fingerprint density at radius 1 is 1.53 bits per heavy atom. The molecule has 0 aliphatic rings. The quantitative estimate of drug-likeness (QED) is 0.658. The summed E-state index contributed by atoms with van der Waals surface area (Å²) >= 11 is 8.59. The van der Waals surface area contributed by atoms with Crippen molar-refractivity contribution in [2.45, 2.75) is 13.0 Å². The Bertz CT molecular complexity index is 365. The van der Waals surface area contributed by atoms with Crippen molar-refractivity contribution < 1.29 is 0 Å². The lowest BCUT2D eigenvalue weighted by Gasteiger charge is -2.14. The smallest absolute Gasteiger partial charge is 0.171 e. The maximum absolute atomic E-state index is 5.15. The molecule has 1 atom stereocenters. The van der Waals surface area contributed by atoms with Crippen LogP contribution < -0.4 is 10.6 Å². The van der Waals surface area contributed by atoms with Crippen molar-refractivity contribution >= 4 is 38.9 Å². The van der Waals surface area contributed by atoms with Gasteiger partial charge >= 0.3 is 0 Å². The average molecular weight is 285 g/mol. The van der Waals surface area contributed by atoms with Gasteiger partial charge in [-0.2, -0.15) is 0 Å². The van der Waals surface area contributed by atoms with Gasteiger partial charge in [0.15, 0.2) is 5.11 Å². The Hall–Kier alpha value is -0.870. The van der Waals surface area contributed by atoms with Crippen LogP contribution in [0, 0.1) is 0 Å². The summed E-state index contributed by atoms with van der Waals surface area (Å²) in [6, 6.07) is 7.98. The normalized spacial score (nSPS) is 11.6. The SMILES string of the molecule is C=CC(C)NC(=S)Nc1ccccc1Br. The van der Waals surface area contributed by atoms with Crippen molar-refractivity contribution in [2.24, 2.45) is 0 Å². The van der Waals surface area contributed by atoms with E-state index in [1.54, 1.807) is 6.08 Å². The lowest BCUT2D eigenvalue weighted by atomic mass is 10.3. The third-order valence-corrected chi connectivity index (χ3v) is 2.75. The predicted octanol–water partition coefficient (Wildman–Crippen LogP) is 3.31. The van der Waals surface area contributed by atoms with Crippen LogP contribution >= 0.6 is 28.1 Å². The molecule has 0 amide bonds. The molecule has 4 heteroatoms. The Morgan fingerprint density at radius 2 is 2.20 bits per heavy atom.